The van der Waals surface area contributed by atoms with E-state index in [0.717, 1.165) is 88.9 Å². The average Bonchev–Trinajstić information content (AvgIpc) is 3.63. The van der Waals surface area contributed by atoms with Crippen LogP contribution in [-0.2, 0) is 0 Å². The molecule has 4 nitrogen and oxygen atoms in total. The summed E-state index contributed by atoms with van der Waals surface area (Å²) in [6, 6.07) is 62.0. The molecular formula is C54H38N4. The highest BCUT2D eigenvalue weighted by molar-refractivity contribution is 6.18. The molecular weight excluding hydrogens is 705 g/mol. The Hall–Kier alpha value is -7.69. The summed E-state index contributed by atoms with van der Waals surface area (Å²) in [5, 5.41) is 5.73. The Morgan fingerprint density at radius 1 is 0.500 bits per heavy atom. The van der Waals surface area contributed by atoms with E-state index in [9.17, 15) is 0 Å². The number of nitrogens with zero attached hydrogens (tertiary/aromatic N) is 4. The quantitative estimate of drug-likeness (QED) is 0.115. The number of pyridine rings is 1. The van der Waals surface area contributed by atoms with E-state index >= 15 is 0 Å². The number of benzene rings is 7. The number of rotatable bonds is 8. The minimum atomic E-state index is 0.640. The molecule has 58 heavy (non-hydrogen) atoms. The van der Waals surface area contributed by atoms with E-state index < -0.39 is 0 Å². The van der Waals surface area contributed by atoms with E-state index in [0.29, 0.717) is 5.82 Å². The van der Waals surface area contributed by atoms with Gasteiger partial charge in [0.2, 0.25) is 0 Å². The van der Waals surface area contributed by atoms with Crippen molar-refractivity contribution in [3.63, 3.8) is 0 Å². The Bertz CT molecular complexity index is 3190. The molecule has 4 heteroatoms. The Balaban J connectivity index is 1.22. The zero-order valence-corrected chi connectivity index (χ0v) is 32.0. The second kappa shape index (κ2) is 14.8. The molecule has 0 saturated heterocycles. The summed E-state index contributed by atoms with van der Waals surface area (Å²) in [6.45, 7) is 5.95. The second-order valence-corrected chi connectivity index (χ2v) is 14.5. The number of fused-ring (bicyclic) bond motifs is 6. The van der Waals surface area contributed by atoms with Crippen molar-refractivity contribution in [2.24, 2.45) is 0 Å². The standard InChI is InChI=1S/C54H38N4/c1-3-4-7-19-36(2)47-35-49(39-24-18-25-40(32-39)58-51-30-16-14-27-42(51)43-28-15-17-31-52(43)58)57-54(56-47)46-34-50-53(44-29-13-12-26-41(44)46)45(37-20-8-5-9-21-37)33-48(55-50)38-22-10-6-11-23-38/h3-35H,1H2,2H3/b7-4-,36-19+. The number of aromatic nitrogens is 4. The van der Waals surface area contributed by atoms with Gasteiger partial charge >= 0.3 is 0 Å². The molecule has 0 aliphatic carbocycles. The van der Waals surface area contributed by atoms with Crippen LogP contribution in [0, 0.1) is 0 Å². The van der Waals surface area contributed by atoms with Crippen LogP contribution in [0.1, 0.15) is 12.6 Å². The normalized spacial score (nSPS) is 12.0. The zero-order chi connectivity index (χ0) is 39.0. The predicted octanol–water partition coefficient (Wildman–Crippen LogP) is 14.1. The highest BCUT2D eigenvalue weighted by Gasteiger charge is 2.19. The third-order valence-electron chi connectivity index (χ3n) is 10.9. The number of hydrogen-bond acceptors (Lipinski definition) is 3. The first-order valence-corrected chi connectivity index (χ1v) is 19.6. The van der Waals surface area contributed by atoms with Gasteiger partial charge in [-0.05, 0) is 76.9 Å². The fraction of sp³-hybridized carbons (Fsp3) is 0.0185. The summed E-state index contributed by atoms with van der Waals surface area (Å²) in [7, 11) is 0. The molecule has 7 aromatic carbocycles. The monoisotopic (exact) mass is 742 g/mol. The van der Waals surface area contributed by atoms with Gasteiger partial charge in [0.1, 0.15) is 0 Å². The van der Waals surface area contributed by atoms with E-state index in [1.807, 2.05) is 18.2 Å². The lowest BCUT2D eigenvalue weighted by Gasteiger charge is -2.16. The third-order valence-corrected chi connectivity index (χ3v) is 10.9. The number of para-hydroxylation sites is 2. The summed E-state index contributed by atoms with van der Waals surface area (Å²) in [5.41, 5.74) is 13.2. The summed E-state index contributed by atoms with van der Waals surface area (Å²) in [4.78, 5) is 16.1. The molecule has 274 valence electrons. The molecule has 0 bridgehead atoms. The second-order valence-electron chi connectivity index (χ2n) is 14.5. The molecule has 0 saturated carbocycles. The largest absolute Gasteiger partial charge is 0.309 e. The molecule has 0 aliphatic rings. The van der Waals surface area contributed by atoms with Gasteiger partial charge in [0.15, 0.2) is 5.82 Å². The SMILES string of the molecule is C=C/C=C\C=C(/C)c1cc(-c2cccc(-n3c4ccccc4c4ccccc43)c2)nc(-c2cc3nc(-c4ccccc4)cc(-c4ccccc4)c3c3ccccc23)n1. The van der Waals surface area contributed by atoms with Gasteiger partial charge in [-0.2, -0.15) is 0 Å². The maximum Gasteiger partial charge on any atom is 0.161 e. The molecule has 0 aliphatic heterocycles. The van der Waals surface area contributed by atoms with Crippen molar-refractivity contribution >= 4 is 49.1 Å². The zero-order valence-electron chi connectivity index (χ0n) is 32.0. The van der Waals surface area contributed by atoms with Gasteiger partial charge in [0.25, 0.3) is 0 Å². The van der Waals surface area contributed by atoms with Crippen LogP contribution >= 0.6 is 0 Å². The molecule has 0 radical (unpaired) electrons. The Labute approximate surface area is 337 Å². The fourth-order valence-electron chi connectivity index (χ4n) is 8.18. The minimum Gasteiger partial charge on any atom is -0.309 e. The molecule has 3 heterocycles. The van der Waals surface area contributed by atoms with Crippen molar-refractivity contribution < 1.29 is 0 Å². The summed E-state index contributed by atoms with van der Waals surface area (Å²) >= 11 is 0. The first-order valence-electron chi connectivity index (χ1n) is 19.6. The van der Waals surface area contributed by atoms with Crippen LogP contribution in [0.15, 0.2) is 207 Å². The van der Waals surface area contributed by atoms with Crippen LogP contribution in [0.4, 0.5) is 0 Å². The number of hydrogen-bond donors (Lipinski definition) is 0. The van der Waals surface area contributed by atoms with Crippen molar-refractivity contribution in [2.75, 3.05) is 0 Å². The van der Waals surface area contributed by atoms with E-state index in [1.165, 1.54) is 10.8 Å². The summed E-state index contributed by atoms with van der Waals surface area (Å²) in [5.74, 6) is 0.640. The van der Waals surface area contributed by atoms with Crippen LogP contribution < -0.4 is 0 Å². The molecule has 0 atom stereocenters. The van der Waals surface area contributed by atoms with E-state index in [1.54, 1.807) is 6.08 Å². The number of allylic oxidation sites excluding steroid dienone is 5. The molecule has 0 N–H and O–H groups in total. The highest BCUT2D eigenvalue weighted by Crippen LogP contribution is 2.41. The summed E-state index contributed by atoms with van der Waals surface area (Å²) < 4.78 is 2.35. The molecule has 0 fully saturated rings. The first-order chi connectivity index (χ1) is 28.6. The van der Waals surface area contributed by atoms with Gasteiger partial charge in [-0.15, -0.1) is 0 Å². The molecule has 0 amide bonds. The van der Waals surface area contributed by atoms with E-state index in [-0.39, 0.29) is 0 Å². The molecule has 10 rings (SSSR count). The lowest BCUT2D eigenvalue weighted by atomic mass is 9.92. The van der Waals surface area contributed by atoms with Crippen molar-refractivity contribution in [2.45, 2.75) is 6.92 Å². The fourth-order valence-corrected chi connectivity index (χ4v) is 8.18. The lowest BCUT2D eigenvalue weighted by Crippen LogP contribution is -2.00. The molecule has 0 spiro atoms. The third kappa shape index (κ3) is 6.18. The van der Waals surface area contributed by atoms with Crippen LogP contribution in [-0.4, -0.2) is 19.5 Å². The van der Waals surface area contributed by atoms with Crippen LogP contribution in [0.25, 0.3) is 99.8 Å². The van der Waals surface area contributed by atoms with Gasteiger partial charge < -0.3 is 4.57 Å². The smallest absolute Gasteiger partial charge is 0.161 e. The Kier molecular flexibility index (Phi) is 8.85. The van der Waals surface area contributed by atoms with Crippen LogP contribution in [0.5, 0.6) is 0 Å². The van der Waals surface area contributed by atoms with Crippen molar-refractivity contribution in [3.05, 3.63) is 213 Å². The van der Waals surface area contributed by atoms with Gasteiger partial charge in [-0.3, -0.25) is 0 Å². The predicted molar refractivity (Wildman–Crippen MR) is 244 cm³/mol. The Morgan fingerprint density at radius 2 is 1.10 bits per heavy atom. The van der Waals surface area contributed by atoms with Gasteiger partial charge in [-0.1, -0.05) is 164 Å². The van der Waals surface area contributed by atoms with Crippen LogP contribution in [0.3, 0.4) is 0 Å². The molecule has 3 aromatic heterocycles. The van der Waals surface area contributed by atoms with Crippen molar-refractivity contribution in [3.8, 4) is 50.7 Å². The Morgan fingerprint density at radius 3 is 1.81 bits per heavy atom. The maximum atomic E-state index is 5.41. The van der Waals surface area contributed by atoms with Crippen molar-refractivity contribution in [1.82, 2.24) is 19.5 Å². The topological polar surface area (TPSA) is 43.6 Å². The van der Waals surface area contributed by atoms with Gasteiger partial charge in [0.05, 0.1) is 33.6 Å². The van der Waals surface area contributed by atoms with Crippen LogP contribution in [0.2, 0.25) is 0 Å². The van der Waals surface area contributed by atoms with Gasteiger partial charge in [-0.25, -0.2) is 15.0 Å². The minimum absolute atomic E-state index is 0.640. The average molecular weight is 743 g/mol. The van der Waals surface area contributed by atoms with E-state index in [4.69, 9.17) is 15.0 Å². The van der Waals surface area contributed by atoms with E-state index in [2.05, 4.69) is 194 Å². The lowest BCUT2D eigenvalue weighted by molar-refractivity contribution is 1.15. The summed E-state index contributed by atoms with van der Waals surface area (Å²) in [6.07, 6.45) is 7.78. The molecule has 10 aromatic rings. The highest BCUT2D eigenvalue weighted by atomic mass is 15.0. The maximum absolute atomic E-state index is 5.41. The molecule has 0 unspecified atom stereocenters. The van der Waals surface area contributed by atoms with Gasteiger partial charge in [0, 0.05) is 38.5 Å². The van der Waals surface area contributed by atoms with Crippen molar-refractivity contribution in [1.29, 1.82) is 0 Å². The first kappa shape index (κ1) is 34.8.